The van der Waals surface area contributed by atoms with Gasteiger partial charge in [-0.25, -0.2) is 4.39 Å². The Labute approximate surface area is 135 Å². The number of nitrogens with one attached hydrogen (secondary N) is 1. The van der Waals surface area contributed by atoms with Gasteiger partial charge < -0.3 is 15.5 Å². The summed E-state index contributed by atoms with van der Waals surface area (Å²) in [6, 6.07) is 13.3. The van der Waals surface area contributed by atoms with Crippen LogP contribution < -0.4 is 10.5 Å². The maximum atomic E-state index is 14.1. The van der Waals surface area contributed by atoms with Gasteiger partial charge in [-0.05, 0) is 49.2 Å². The summed E-state index contributed by atoms with van der Waals surface area (Å²) in [6.45, 7) is 2.76. The zero-order chi connectivity index (χ0) is 16.2. The van der Waals surface area contributed by atoms with E-state index in [0.29, 0.717) is 18.9 Å². The number of fused-ring (bicyclic) bond motifs is 1. The van der Waals surface area contributed by atoms with E-state index in [1.807, 2.05) is 37.4 Å². The van der Waals surface area contributed by atoms with Crippen molar-refractivity contribution < 1.29 is 9.13 Å². The second kappa shape index (κ2) is 6.84. The van der Waals surface area contributed by atoms with Crippen molar-refractivity contribution in [3.63, 3.8) is 0 Å². The Bertz CT molecular complexity index is 797. The normalized spacial score (nSPS) is 12.5. The van der Waals surface area contributed by atoms with Crippen molar-refractivity contribution in [2.75, 3.05) is 13.2 Å². The number of hydrogen-bond donors (Lipinski definition) is 2. The van der Waals surface area contributed by atoms with E-state index in [1.54, 1.807) is 6.07 Å². The fraction of sp³-hybridized carbons (Fsp3) is 0.263. The van der Waals surface area contributed by atoms with Gasteiger partial charge in [0.1, 0.15) is 0 Å². The number of aromatic nitrogens is 1. The Morgan fingerprint density at radius 3 is 2.78 bits per heavy atom. The number of H-pyrrole nitrogens is 1. The summed E-state index contributed by atoms with van der Waals surface area (Å²) in [6.07, 6.45) is 2.78. The molecule has 1 unspecified atom stereocenters. The van der Waals surface area contributed by atoms with Gasteiger partial charge >= 0.3 is 0 Å². The van der Waals surface area contributed by atoms with Crippen LogP contribution in [0.2, 0.25) is 0 Å². The highest BCUT2D eigenvalue weighted by Crippen LogP contribution is 2.28. The zero-order valence-electron chi connectivity index (χ0n) is 13.2. The van der Waals surface area contributed by atoms with Crippen molar-refractivity contribution in [1.29, 1.82) is 0 Å². The number of benzene rings is 2. The van der Waals surface area contributed by atoms with Crippen molar-refractivity contribution in [3.8, 4) is 5.75 Å². The standard InChI is InChI=1S/C19H21FN2O/c1-2-23-19-8-7-13(10-17(19)20)14(11-21)9-15-12-22-18-6-4-3-5-16(15)18/h3-8,10,12,14,22H,2,9,11,21H2,1H3. The van der Waals surface area contributed by atoms with E-state index in [-0.39, 0.29) is 11.7 Å². The van der Waals surface area contributed by atoms with Gasteiger partial charge in [0.25, 0.3) is 0 Å². The predicted molar refractivity (Wildman–Crippen MR) is 91.4 cm³/mol. The third-order valence-corrected chi connectivity index (χ3v) is 4.15. The quantitative estimate of drug-likeness (QED) is 0.723. The first kappa shape index (κ1) is 15.6. The molecule has 4 heteroatoms. The van der Waals surface area contributed by atoms with Crippen LogP contribution in [0, 0.1) is 5.82 Å². The summed E-state index contributed by atoms with van der Waals surface area (Å²) in [5.41, 5.74) is 9.16. The molecule has 2 aromatic carbocycles. The minimum atomic E-state index is -0.332. The lowest BCUT2D eigenvalue weighted by atomic mass is 9.91. The van der Waals surface area contributed by atoms with Gasteiger partial charge in [-0.3, -0.25) is 0 Å². The van der Waals surface area contributed by atoms with Crippen LogP contribution in [0.3, 0.4) is 0 Å². The molecule has 0 saturated carbocycles. The average Bonchev–Trinajstić information content (AvgIpc) is 2.98. The van der Waals surface area contributed by atoms with Crippen LogP contribution in [0.1, 0.15) is 24.0 Å². The first-order chi connectivity index (χ1) is 11.2. The number of aromatic amines is 1. The second-order valence-corrected chi connectivity index (χ2v) is 5.62. The molecule has 0 saturated heterocycles. The molecule has 0 amide bonds. The van der Waals surface area contributed by atoms with E-state index in [1.165, 1.54) is 17.0 Å². The molecule has 3 N–H and O–H groups in total. The van der Waals surface area contributed by atoms with Gasteiger partial charge in [-0.1, -0.05) is 24.3 Å². The molecule has 3 aromatic rings. The maximum absolute atomic E-state index is 14.1. The molecule has 0 radical (unpaired) electrons. The molecule has 3 nitrogen and oxygen atoms in total. The fourth-order valence-corrected chi connectivity index (χ4v) is 2.95. The number of halogens is 1. The van der Waals surface area contributed by atoms with Crippen LogP contribution in [0.15, 0.2) is 48.7 Å². The highest BCUT2D eigenvalue weighted by molar-refractivity contribution is 5.83. The molecule has 0 bridgehead atoms. The predicted octanol–water partition coefficient (Wildman–Crippen LogP) is 3.99. The summed E-state index contributed by atoms with van der Waals surface area (Å²) in [4.78, 5) is 3.27. The third kappa shape index (κ3) is 3.22. The molecule has 1 aromatic heterocycles. The first-order valence-electron chi connectivity index (χ1n) is 7.90. The third-order valence-electron chi connectivity index (χ3n) is 4.15. The molecular weight excluding hydrogens is 291 g/mol. The number of hydrogen-bond acceptors (Lipinski definition) is 2. The molecule has 0 aliphatic carbocycles. The Kier molecular flexibility index (Phi) is 4.63. The van der Waals surface area contributed by atoms with E-state index < -0.39 is 0 Å². The first-order valence-corrected chi connectivity index (χ1v) is 7.90. The summed E-state index contributed by atoms with van der Waals surface area (Å²) in [5.74, 6) is 0.0280. The monoisotopic (exact) mass is 312 g/mol. The summed E-state index contributed by atoms with van der Waals surface area (Å²) in [5, 5.41) is 1.19. The van der Waals surface area contributed by atoms with Crippen molar-refractivity contribution in [3.05, 3.63) is 65.6 Å². The topological polar surface area (TPSA) is 51.0 Å². The average molecular weight is 312 g/mol. The van der Waals surface area contributed by atoms with E-state index in [9.17, 15) is 4.39 Å². The van der Waals surface area contributed by atoms with Gasteiger partial charge in [0, 0.05) is 23.0 Å². The highest BCUT2D eigenvalue weighted by atomic mass is 19.1. The fourth-order valence-electron chi connectivity index (χ4n) is 2.95. The van der Waals surface area contributed by atoms with Crippen molar-refractivity contribution >= 4 is 10.9 Å². The van der Waals surface area contributed by atoms with Crippen molar-refractivity contribution in [2.24, 2.45) is 5.73 Å². The van der Waals surface area contributed by atoms with Gasteiger partial charge in [-0.2, -0.15) is 0 Å². The van der Waals surface area contributed by atoms with Gasteiger partial charge in [0.2, 0.25) is 0 Å². The van der Waals surface area contributed by atoms with Crippen molar-refractivity contribution in [1.82, 2.24) is 4.98 Å². The molecule has 0 fully saturated rings. The van der Waals surface area contributed by atoms with Gasteiger partial charge in [0.15, 0.2) is 11.6 Å². The number of nitrogens with two attached hydrogens (primary N) is 1. The molecular formula is C19H21FN2O. The lowest BCUT2D eigenvalue weighted by molar-refractivity contribution is 0.321. The number of para-hydroxylation sites is 1. The lowest BCUT2D eigenvalue weighted by Crippen LogP contribution is -2.15. The Balaban J connectivity index is 1.86. The summed E-state index contributed by atoms with van der Waals surface area (Å²) < 4.78 is 19.4. The molecule has 0 aliphatic rings. The SMILES string of the molecule is CCOc1ccc(C(CN)Cc2c[nH]c3ccccc23)cc1F. The van der Waals surface area contributed by atoms with Crippen LogP contribution in [-0.4, -0.2) is 18.1 Å². The van der Waals surface area contributed by atoms with Crippen LogP contribution >= 0.6 is 0 Å². The van der Waals surface area contributed by atoms with Gasteiger partial charge in [0.05, 0.1) is 6.61 Å². The molecule has 3 rings (SSSR count). The minimum Gasteiger partial charge on any atom is -0.491 e. The Morgan fingerprint density at radius 1 is 1.22 bits per heavy atom. The molecule has 1 atom stereocenters. The number of rotatable bonds is 6. The highest BCUT2D eigenvalue weighted by Gasteiger charge is 2.15. The second-order valence-electron chi connectivity index (χ2n) is 5.62. The molecule has 120 valence electrons. The van der Waals surface area contributed by atoms with Crippen LogP contribution in [0.25, 0.3) is 10.9 Å². The van der Waals surface area contributed by atoms with Crippen LogP contribution in [0.4, 0.5) is 4.39 Å². The Hall–Kier alpha value is -2.33. The Morgan fingerprint density at radius 2 is 2.04 bits per heavy atom. The van der Waals surface area contributed by atoms with E-state index in [0.717, 1.165) is 17.5 Å². The summed E-state index contributed by atoms with van der Waals surface area (Å²) >= 11 is 0. The van der Waals surface area contributed by atoms with Crippen LogP contribution in [0.5, 0.6) is 5.75 Å². The lowest BCUT2D eigenvalue weighted by Gasteiger charge is -2.16. The zero-order valence-corrected chi connectivity index (χ0v) is 13.2. The van der Waals surface area contributed by atoms with E-state index >= 15 is 0 Å². The molecule has 1 heterocycles. The molecule has 23 heavy (non-hydrogen) atoms. The van der Waals surface area contributed by atoms with Crippen LogP contribution in [-0.2, 0) is 6.42 Å². The molecule has 0 spiro atoms. The van der Waals surface area contributed by atoms with E-state index in [4.69, 9.17) is 10.5 Å². The maximum Gasteiger partial charge on any atom is 0.165 e. The largest absolute Gasteiger partial charge is 0.491 e. The van der Waals surface area contributed by atoms with Gasteiger partial charge in [-0.15, -0.1) is 0 Å². The van der Waals surface area contributed by atoms with E-state index in [2.05, 4.69) is 11.1 Å². The summed E-state index contributed by atoms with van der Waals surface area (Å²) in [7, 11) is 0. The minimum absolute atomic E-state index is 0.0689. The van der Waals surface area contributed by atoms with Crippen molar-refractivity contribution in [2.45, 2.75) is 19.3 Å². The smallest absolute Gasteiger partial charge is 0.165 e. The number of ether oxygens (including phenoxy) is 1. The molecule has 0 aliphatic heterocycles.